The van der Waals surface area contributed by atoms with E-state index in [1.54, 1.807) is 0 Å². The summed E-state index contributed by atoms with van der Waals surface area (Å²) in [7, 11) is 0. The van der Waals surface area contributed by atoms with Crippen LogP contribution in [0.5, 0.6) is 11.5 Å². The fraction of sp³-hybridized carbons (Fsp3) is 0.176. The number of carbonyl (C=O) groups excluding carboxylic acids is 1. The van der Waals surface area contributed by atoms with Gasteiger partial charge >= 0.3 is 5.97 Å². The van der Waals surface area contributed by atoms with Crippen molar-refractivity contribution in [2.45, 2.75) is 20.0 Å². The minimum atomic E-state index is -1.11. The van der Waals surface area contributed by atoms with E-state index in [9.17, 15) is 14.7 Å². The number of hydrogen-bond donors (Lipinski definition) is 2. The van der Waals surface area contributed by atoms with Crippen LogP contribution in [0.3, 0.4) is 0 Å². The van der Waals surface area contributed by atoms with Gasteiger partial charge in [-0.15, -0.1) is 0 Å². The van der Waals surface area contributed by atoms with Crippen LogP contribution in [0.25, 0.3) is 0 Å². The molecule has 114 valence electrons. The lowest BCUT2D eigenvalue weighted by Gasteiger charge is -2.14. The highest BCUT2D eigenvalue weighted by Crippen LogP contribution is 2.32. The largest absolute Gasteiger partial charge is 0.507 e. The quantitative estimate of drug-likeness (QED) is 0.801. The number of aliphatic carboxylic acids is 1. The molecule has 2 aromatic carbocycles. The van der Waals surface area contributed by atoms with Gasteiger partial charge in [0.15, 0.2) is 5.78 Å². The van der Waals surface area contributed by atoms with Gasteiger partial charge in [-0.2, -0.15) is 0 Å². The number of rotatable bonds is 6. The molecule has 2 aromatic rings. The van der Waals surface area contributed by atoms with E-state index in [0.717, 1.165) is 5.56 Å². The molecule has 0 bridgehead atoms. The van der Waals surface area contributed by atoms with Crippen LogP contribution in [-0.2, 0) is 17.8 Å². The first-order valence-corrected chi connectivity index (χ1v) is 6.73. The number of hydrogen-bond acceptors (Lipinski definition) is 4. The molecule has 0 fully saturated rings. The van der Waals surface area contributed by atoms with Gasteiger partial charge in [-0.1, -0.05) is 30.3 Å². The summed E-state index contributed by atoms with van der Waals surface area (Å²) in [5, 5.41) is 19.1. The van der Waals surface area contributed by atoms with Gasteiger partial charge in [-0.25, -0.2) is 0 Å². The molecule has 0 aliphatic rings. The Morgan fingerprint density at radius 1 is 1.09 bits per heavy atom. The van der Waals surface area contributed by atoms with Crippen LogP contribution >= 0.6 is 0 Å². The number of carbonyl (C=O) groups is 2. The second-order valence-corrected chi connectivity index (χ2v) is 4.84. The molecule has 0 unspecified atom stereocenters. The normalized spacial score (nSPS) is 10.2. The first kappa shape index (κ1) is 15.6. The fourth-order valence-electron chi connectivity index (χ4n) is 2.09. The minimum absolute atomic E-state index is 0.0864. The van der Waals surface area contributed by atoms with Crippen molar-refractivity contribution >= 4 is 11.8 Å². The lowest BCUT2D eigenvalue weighted by molar-refractivity contribution is -0.136. The van der Waals surface area contributed by atoms with Gasteiger partial charge in [0.25, 0.3) is 0 Å². The van der Waals surface area contributed by atoms with Gasteiger partial charge in [-0.05, 0) is 24.6 Å². The topological polar surface area (TPSA) is 83.8 Å². The molecule has 5 nitrogen and oxygen atoms in total. The average molecular weight is 300 g/mol. The number of phenolic OH excluding ortho intramolecular Hbond substituents is 1. The van der Waals surface area contributed by atoms with Crippen LogP contribution in [0.1, 0.15) is 28.4 Å². The second kappa shape index (κ2) is 6.76. The van der Waals surface area contributed by atoms with E-state index in [4.69, 9.17) is 9.84 Å². The minimum Gasteiger partial charge on any atom is -0.507 e. The van der Waals surface area contributed by atoms with Crippen molar-refractivity contribution in [3.05, 3.63) is 59.2 Å². The summed E-state index contributed by atoms with van der Waals surface area (Å²) >= 11 is 0. The van der Waals surface area contributed by atoms with E-state index >= 15 is 0 Å². The van der Waals surface area contributed by atoms with E-state index in [-0.39, 0.29) is 35.0 Å². The Hall–Kier alpha value is -2.82. The van der Waals surface area contributed by atoms with Crippen molar-refractivity contribution in [1.82, 2.24) is 0 Å². The Balaban J connectivity index is 2.31. The number of Topliss-reactive ketones (excluding diaryl/α,β-unsaturated/α-hetero) is 1. The molecule has 0 aliphatic heterocycles. The van der Waals surface area contributed by atoms with Crippen LogP contribution in [0.4, 0.5) is 0 Å². The van der Waals surface area contributed by atoms with Crippen molar-refractivity contribution in [3.8, 4) is 11.5 Å². The maximum absolute atomic E-state index is 11.4. The standard InChI is InChI=1S/C17H16O5/c1-11(18)13-7-8-15(14(17(13)21)9-16(19)20)22-10-12-5-3-2-4-6-12/h2-8,21H,9-10H2,1H3,(H,19,20). The van der Waals surface area contributed by atoms with Gasteiger partial charge < -0.3 is 14.9 Å². The summed E-state index contributed by atoms with van der Waals surface area (Å²) in [5.74, 6) is -1.52. The molecule has 2 rings (SSSR count). The third-order valence-corrected chi connectivity index (χ3v) is 3.18. The summed E-state index contributed by atoms with van der Waals surface area (Å²) in [6, 6.07) is 12.3. The molecule has 0 spiro atoms. The van der Waals surface area contributed by atoms with Crippen LogP contribution < -0.4 is 4.74 Å². The second-order valence-electron chi connectivity index (χ2n) is 4.84. The predicted octanol–water partition coefficient (Wildman–Crippen LogP) is 2.80. The van der Waals surface area contributed by atoms with Crippen molar-refractivity contribution in [3.63, 3.8) is 0 Å². The van der Waals surface area contributed by atoms with Gasteiger partial charge in [0.2, 0.25) is 0 Å². The summed E-state index contributed by atoms with van der Waals surface area (Å²) in [6.45, 7) is 1.55. The van der Waals surface area contributed by atoms with E-state index in [0.29, 0.717) is 0 Å². The Morgan fingerprint density at radius 3 is 2.36 bits per heavy atom. The van der Waals surface area contributed by atoms with E-state index in [2.05, 4.69) is 0 Å². The third kappa shape index (κ3) is 3.63. The Bertz CT molecular complexity index is 692. The summed E-state index contributed by atoms with van der Waals surface area (Å²) in [5.41, 5.74) is 1.11. The van der Waals surface area contributed by atoms with Crippen LogP contribution in [0.2, 0.25) is 0 Å². The van der Waals surface area contributed by atoms with Crippen LogP contribution in [0, 0.1) is 0 Å². The van der Waals surface area contributed by atoms with Gasteiger partial charge in [0.05, 0.1) is 12.0 Å². The number of carboxylic acids is 1. The highest BCUT2D eigenvalue weighted by molar-refractivity contribution is 5.97. The molecular weight excluding hydrogens is 284 g/mol. The lowest BCUT2D eigenvalue weighted by Crippen LogP contribution is -2.07. The molecule has 5 heteroatoms. The van der Waals surface area contributed by atoms with Crippen molar-refractivity contribution in [1.29, 1.82) is 0 Å². The zero-order valence-electron chi connectivity index (χ0n) is 12.1. The molecule has 22 heavy (non-hydrogen) atoms. The highest BCUT2D eigenvalue weighted by atomic mass is 16.5. The molecular formula is C17H16O5. The molecule has 0 saturated carbocycles. The number of benzene rings is 2. The van der Waals surface area contributed by atoms with Crippen molar-refractivity contribution < 1.29 is 24.5 Å². The van der Waals surface area contributed by atoms with E-state index in [1.165, 1.54) is 19.1 Å². The molecule has 0 atom stereocenters. The van der Waals surface area contributed by atoms with E-state index < -0.39 is 12.4 Å². The predicted molar refractivity (Wildman–Crippen MR) is 80.2 cm³/mol. The Morgan fingerprint density at radius 2 is 1.77 bits per heavy atom. The molecule has 0 amide bonds. The number of ether oxygens (including phenoxy) is 1. The van der Waals surface area contributed by atoms with Crippen molar-refractivity contribution in [2.75, 3.05) is 0 Å². The maximum Gasteiger partial charge on any atom is 0.308 e. The monoisotopic (exact) mass is 300 g/mol. The maximum atomic E-state index is 11.4. The number of carboxylic acid groups (broad SMARTS) is 1. The van der Waals surface area contributed by atoms with Gasteiger partial charge in [-0.3, -0.25) is 9.59 Å². The number of phenols is 1. The summed E-state index contributed by atoms with van der Waals surface area (Å²) < 4.78 is 5.61. The first-order chi connectivity index (χ1) is 10.5. The third-order valence-electron chi connectivity index (χ3n) is 3.18. The lowest BCUT2D eigenvalue weighted by atomic mass is 10.0. The molecule has 0 saturated heterocycles. The SMILES string of the molecule is CC(=O)c1ccc(OCc2ccccc2)c(CC(=O)O)c1O. The summed E-state index contributed by atoms with van der Waals surface area (Å²) in [6.07, 6.45) is -0.420. The number of aromatic hydroxyl groups is 1. The van der Waals surface area contributed by atoms with Crippen molar-refractivity contribution in [2.24, 2.45) is 0 Å². The smallest absolute Gasteiger partial charge is 0.308 e. The number of ketones is 1. The fourth-order valence-corrected chi connectivity index (χ4v) is 2.09. The first-order valence-electron chi connectivity index (χ1n) is 6.73. The van der Waals surface area contributed by atoms with E-state index in [1.807, 2.05) is 30.3 Å². The Kier molecular flexibility index (Phi) is 4.78. The van der Waals surface area contributed by atoms with Gasteiger partial charge in [0, 0.05) is 5.56 Å². The zero-order chi connectivity index (χ0) is 16.1. The van der Waals surface area contributed by atoms with Gasteiger partial charge in [0.1, 0.15) is 18.1 Å². The Labute approximate surface area is 127 Å². The molecule has 0 radical (unpaired) electrons. The van der Waals surface area contributed by atoms with Crippen LogP contribution in [-0.4, -0.2) is 22.0 Å². The van der Waals surface area contributed by atoms with Crippen LogP contribution in [0.15, 0.2) is 42.5 Å². The molecule has 0 aliphatic carbocycles. The highest BCUT2D eigenvalue weighted by Gasteiger charge is 2.18. The molecule has 0 aromatic heterocycles. The summed E-state index contributed by atoms with van der Waals surface area (Å²) in [4.78, 5) is 22.4. The zero-order valence-corrected chi connectivity index (χ0v) is 12.1. The molecule has 2 N–H and O–H groups in total. The average Bonchev–Trinajstić information content (AvgIpc) is 2.48. The molecule has 0 heterocycles.